The first-order chi connectivity index (χ1) is 14.9. The maximum Gasteiger partial charge on any atom is 0.265 e. The lowest BCUT2D eigenvalue weighted by molar-refractivity contribution is -0.121. The van der Waals surface area contributed by atoms with Crippen LogP contribution in [0.4, 0.5) is 0 Å². The molecule has 0 bridgehead atoms. The lowest BCUT2D eigenvalue weighted by Crippen LogP contribution is -2.22. The number of rotatable bonds is 9. The van der Waals surface area contributed by atoms with Gasteiger partial charge in [0.05, 0.1) is 24.7 Å². The molecule has 0 saturated carbocycles. The van der Waals surface area contributed by atoms with Gasteiger partial charge in [0.25, 0.3) is 5.91 Å². The molecule has 1 heterocycles. The van der Waals surface area contributed by atoms with Gasteiger partial charge in [-0.1, -0.05) is 42.2 Å². The summed E-state index contributed by atoms with van der Waals surface area (Å²) in [6, 6.07) is 11.9. The van der Waals surface area contributed by atoms with E-state index in [9.17, 15) is 4.79 Å². The summed E-state index contributed by atoms with van der Waals surface area (Å²) in [5, 5.41) is 0. The van der Waals surface area contributed by atoms with Crippen LogP contribution in [0, 0.1) is 13.8 Å². The minimum Gasteiger partial charge on any atom is -0.493 e. The lowest BCUT2D eigenvalue weighted by Gasteiger charge is -2.14. The predicted molar refractivity (Wildman–Crippen MR) is 130 cm³/mol. The van der Waals surface area contributed by atoms with Gasteiger partial charge in [0, 0.05) is 13.5 Å². The van der Waals surface area contributed by atoms with Crippen molar-refractivity contribution in [3.05, 3.63) is 58.0 Å². The summed E-state index contributed by atoms with van der Waals surface area (Å²) in [6.07, 6.45) is 2.58. The highest BCUT2D eigenvalue weighted by Crippen LogP contribution is 2.34. The summed E-state index contributed by atoms with van der Waals surface area (Å²) < 4.78 is 18.1. The molecule has 164 valence electrons. The number of amides is 1. The highest BCUT2D eigenvalue weighted by Gasteiger charge is 2.28. The number of aryl methyl sites for hydroxylation is 2. The number of hydrogen-bond donors (Lipinski definition) is 0. The number of thioether (sulfide) groups is 1. The first-order valence-corrected chi connectivity index (χ1v) is 11.4. The Hall–Kier alpha value is -2.51. The maximum absolute atomic E-state index is 12.2. The van der Waals surface area contributed by atoms with Crippen LogP contribution in [0.2, 0.25) is 0 Å². The van der Waals surface area contributed by atoms with Crippen molar-refractivity contribution < 1.29 is 19.0 Å². The van der Waals surface area contributed by atoms with E-state index >= 15 is 0 Å². The Kier molecular flexibility index (Phi) is 7.98. The quantitative estimate of drug-likeness (QED) is 0.286. The van der Waals surface area contributed by atoms with E-state index in [-0.39, 0.29) is 5.91 Å². The summed E-state index contributed by atoms with van der Waals surface area (Å²) in [6.45, 7) is 7.63. The molecule has 1 aliphatic heterocycles. The van der Waals surface area contributed by atoms with Crippen LogP contribution >= 0.6 is 24.0 Å². The molecule has 5 nitrogen and oxygen atoms in total. The fourth-order valence-electron chi connectivity index (χ4n) is 2.98. The minimum absolute atomic E-state index is 0.0860. The maximum atomic E-state index is 12.2. The number of ether oxygens (including phenoxy) is 3. The summed E-state index contributed by atoms with van der Waals surface area (Å²) in [4.78, 5) is 14.3. The highest BCUT2D eigenvalue weighted by molar-refractivity contribution is 8.26. The standard InChI is InChI=1S/C24H27NO4S2/c1-5-27-21-14-18(15-22-23(26)25(4)24(30)31-22)9-10-19(21)28-11-6-12-29-20-13-16(2)7-8-17(20)3/h7-10,13-15H,5-6,11-12H2,1-4H3/b22-15+. The molecular weight excluding hydrogens is 430 g/mol. The number of thiocarbonyl (C=S) groups is 1. The number of carbonyl (C=O) groups excluding carboxylic acids is 1. The van der Waals surface area contributed by atoms with Crippen LogP contribution in [-0.2, 0) is 4.79 Å². The molecule has 0 atom stereocenters. The molecule has 1 aliphatic rings. The molecule has 1 amide bonds. The van der Waals surface area contributed by atoms with Crippen LogP contribution in [-0.4, -0.2) is 42.0 Å². The van der Waals surface area contributed by atoms with Crippen molar-refractivity contribution in [3.8, 4) is 17.2 Å². The third kappa shape index (κ3) is 6.02. The summed E-state index contributed by atoms with van der Waals surface area (Å²) >= 11 is 6.49. The van der Waals surface area contributed by atoms with Crippen molar-refractivity contribution in [2.75, 3.05) is 26.9 Å². The van der Waals surface area contributed by atoms with Crippen LogP contribution in [0.3, 0.4) is 0 Å². The third-order valence-corrected chi connectivity index (χ3v) is 6.18. The van der Waals surface area contributed by atoms with Gasteiger partial charge in [-0.3, -0.25) is 9.69 Å². The second-order valence-corrected chi connectivity index (χ2v) is 8.88. The first-order valence-electron chi connectivity index (χ1n) is 10.2. The zero-order valence-electron chi connectivity index (χ0n) is 18.3. The molecule has 0 spiro atoms. The molecule has 0 unspecified atom stereocenters. The Balaban J connectivity index is 1.59. The Bertz CT molecular complexity index is 1000. The number of nitrogens with zero attached hydrogens (tertiary/aromatic N) is 1. The van der Waals surface area contributed by atoms with Crippen LogP contribution < -0.4 is 14.2 Å². The number of likely N-dealkylation sites (N-methyl/N-ethyl adjacent to an activating group) is 1. The largest absolute Gasteiger partial charge is 0.493 e. The topological polar surface area (TPSA) is 48.0 Å². The van der Waals surface area contributed by atoms with Crippen molar-refractivity contribution in [3.63, 3.8) is 0 Å². The molecule has 3 rings (SSSR count). The smallest absolute Gasteiger partial charge is 0.265 e. The number of benzene rings is 2. The Labute approximate surface area is 193 Å². The van der Waals surface area contributed by atoms with Crippen LogP contribution in [0.25, 0.3) is 6.08 Å². The normalized spacial score (nSPS) is 15.0. The van der Waals surface area contributed by atoms with Crippen LogP contribution in [0.1, 0.15) is 30.0 Å². The van der Waals surface area contributed by atoms with Crippen molar-refractivity contribution >= 4 is 40.3 Å². The van der Waals surface area contributed by atoms with Gasteiger partial charge in [-0.15, -0.1) is 0 Å². The van der Waals surface area contributed by atoms with Gasteiger partial charge >= 0.3 is 0 Å². The van der Waals surface area contributed by atoms with E-state index in [2.05, 4.69) is 25.1 Å². The third-order valence-electron chi connectivity index (χ3n) is 4.70. The molecule has 0 aliphatic carbocycles. The molecule has 0 radical (unpaired) electrons. The van der Waals surface area contributed by atoms with E-state index in [1.165, 1.54) is 22.2 Å². The molecule has 0 aromatic heterocycles. The second kappa shape index (κ2) is 10.7. The van der Waals surface area contributed by atoms with Gasteiger partial charge in [-0.2, -0.15) is 0 Å². The lowest BCUT2D eigenvalue weighted by atomic mass is 10.1. The van der Waals surface area contributed by atoms with Crippen molar-refractivity contribution in [2.24, 2.45) is 0 Å². The predicted octanol–water partition coefficient (Wildman–Crippen LogP) is 5.38. The summed E-state index contributed by atoms with van der Waals surface area (Å²) in [5.74, 6) is 2.15. The van der Waals surface area contributed by atoms with E-state index in [1.54, 1.807) is 7.05 Å². The fourth-order valence-corrected chi connectivity index (χ4v) is 4.16. The molecule has 1 fully saturated rings. The van der Waals surface area contributed by atoms with E-state index in [1.807, 2.05) is 38.1 Å². The molecule has 7 heteroatoms. The zero-order valence-corrected chi connectivity index (χ0v) is 19.9. The Morgan fingerprint density at radius 3 is 2.42 bits per heavy atom. The Morgan fingerprint density at radius 2 is 1.74 bits per heavy atom. The van der Waals surface area contributed by atoms with E-state index < -0.39 is 0 Å². The molecular formula is C24H27NO4S2. The van der Waals surface area contributed by atoms with Gasteiger partial charge in [0.1, 0.15) is 10.1 Å². The molecule has 2 aromatic rings. The van der Waals surface area contributed by atoms with Gasteiger partial charge in [0.15, 0.2) is 11.5 Å². The zero-order chi connectivity index (χ0) is 22.4. The fraction of sp³-hybridized carbons (Fsp3) is 0.333. The van der Waals surface area contributed by atoms with Gasteiger partial charge in [0.2, 0.25) is 0 Å². The summed E-state index contributed by atoms with van der Waals surface area (Å²) in [7, 11) is 1.69. The van der Waals surface area contributed by atoms with E-state index in [0.29, 0.717) is 40.5 Å². The Morgan fingerprint density at radius 1 is 1.00 bits per heavy atom. The van der Waals surface area contributed by atoms with Crippen molar-refractivity contribution in [2.45, 2.75) is 27.2 Å². The summed E-state index contributed by atoms with van der Waals surface area (Å²) in [5.41, 5.74) is 3.17. The first kappa shape index (κ1) is 23.2. The molecule has 0 N–H and O–H groups in total. The molecule has 1 saturated heterocycles. The van der Waals surface area contributed by atoms with E-state index in [0.717, 1.165) is 23.3 Å². The monoisotopic (exact) mass is 457 g/mol. The SMILES string of the molecule is CCOc1cc(/C=C2/SC(=S)N(C)C2=O)ccc1OCCCOc1cc(C)ccc1C. The second-order valence-electron chi connectivity index (χ2n) is 7.20. The number of hydrogen-bond acceptors (Lipinski definition) is 6. The molecule has 2 aromatic carbocycles. The van der Waals surface area contributed by atoms with Crippen molar-refractivity contribution in [1.29, 1.82) is 0 Å². The van der Waals surface area contributed by atoms with Crippen LogP contribution in [0.15, 0.2) is 41.3 Å². The van der Waals surface area contributed by atoms with Crippen LogP contribution in [0.5, 0.6) is 17.2 Å². The number of carbonyl (C=O) groups is 1. The average Bonchev–Trinajstić information content (AvgIpc) is 2.98. The van der Waals surface area contributed by atoms with E-state index in [4.69, 9.17) is 26.4 Å². The average molecular weight is 458 g/mol. The highest BCUT2D eigenvalue weighted by atomic mass is 32.2. The molecule has 31 heavy (non-hydrogen) atoms. The van der Waals surface area contributed by atoms with Gasteiger partial charge < -0.3 is 14.2 Å². The van der Waals surface area contributed by atoms with Gasteiger partial charge in [-0.05, 0) is 61.7 Å². The van der Waals surface area contributed by atoms with Crippen molar-refractivity contribution in [1.82, 2.24) is 4.90 Å². The minimum atomic E-state index is -0.0860. The van der Waals surface area contributed by atoms with Gasteiger partial charge in [-0.25, -0.2) is 0 Å².